The lowest BCUT2D eigenvalue weighted by molar-refractivity contribution is -0.143. The van der Waals surface area contributed by atoms with Gasteiger partial charge in [-0.05, 0) is 45.3 Å². The van der Waals surface area contributed by atoms with Gasteiger partial charge in [-0.15, -0.1) is 0 Å². The fraction of sp³-hybridized carbons (Fsp3) is 0.909. The first-order valence-corrected chi connectivity index (χ1v) is 5.80. The summed E-state index contributed by atoms with van der Waals surface area (Å²) in [6.45, 7) is 3.03. The highest BCUT2D eigenvalue weighted by Crippen LogP contribution is 2.11. The summed E-state index contributed by atoms with van der Waals surface area (Å²) in [6, 6.07) is 0. The van der Waals surface area contributed by atoms with Crippen LogP contribution in [0.25, 0.3) is 0 Å². The van der Waals surface area contributed by atoms with E-state index in [4.69, 9.17) is 10.2 Å². The standard InChI is InChI=1S/C11H21NO3/c13-9-10(11(14)15)5-4-8-12-6-2-1-3-7-12/h10,13H,1-9H2,(H,14,15). The minimum absolute atomic E-state index is 0.241. The third-order valence-corrected chi connectivity index (χ3v) is 3.05. The zero-order valence-corrected chi connectivity index (χ0v) is 9.19. The molecule has 15 heavy (non-hydrogen) atoms. The normalized spacial score (nSPS) is 20.1. The Morgan fingerprint density at radius 3 is 2.47 bits per heavy atom. The van der Waals surface area contributed by atoms with Crippen molar-refractivity contribution in [3.63, 3.8) is 0 Å². The second kappa shape index (κ2) is 6.80. The molecule has 1 aliphatic rings. The minimum Gasteiger partial charge on any atom is -0.481 e. The van der Waals surface area contributed by atoms with Crippen molar-refractivity contribution in [1.82, 2.24) is 4.90 Å². The lowest BCUT2D eigenvalue weighted by Crippen LogP contribution is -2.31. The largest absolute Gasteiger partial charge is 0.481 e. The lowest BCUT2D eigenvalue weighted by atomic mass is 10.0. The molecule has 0 aliphatic carbocycles. The van der Waals surface area contributed by atoms with Gasteiger partial charge in [-0.3, -0.25) is 4.79 Å². The number of piperidine rings is 1. The molecule has 1 heterocycles. The molecule has 0 aromatic heterocycles. The number of carboxylic acid groups (broad SMARTS) is 1. The van der Waals surface area contributed by atoms with E-state index in [-0.39, 0.29) is 6.61 Å². The fourth-order valence-electron chi connectivity index (χ4n) is 2.04. The second-order valence-electron chi connectivity index (χ2n) is 4.26. The summed E-state index contributed by atoms with van der Waals surface area (Å²) in [6.07, 6.45) is 5.31. The molecule has 1 saturated heterocycles. The van der Waals surface area contributed by atoms with Crippen LogP contribution in [0, 0.1) is 5.92 Å². The number of carbonyl (C=O) groups is 1. The van der Waals surface area contributed by atoms with Crippen molar-refractivity contribution in [1.29, 1.82) is 0 Å². The van der Waals surface area contributed by atoms with Crippen molar-refractivity contribution >= 4 is 5.97 Å². The molecular formula is C11H21NO3. The predicted octanol–water partition coefficient (Wildman–Crippen LogP) is 0.946. The van der Waals surface area contributed by atoms with Crippen molar-refractivity contribution in [2.75, 3.05) is 26.2 Å². The van der Waals surface area contributed by atoms with Crippen LogP contribution in [0.3, 0.4) is 0 Å². The van der Waals surface area contributed by atoms with Crippen LogP contribution in [0.1, 0.15) is 32.1 Å². The Kier molecular flexibility index (Phi) is 5.65. The third kappa shape index (κ3) is 4.62. The number of nitrogens with zero attached hydrogens (tertiary/aromatic N) is 1. The van der Waals surface area contributed by atoms with Gasteiger partial charge in [0.25, 0.3) is 0 Å². The Labute approximate surface area is 90.9 Å². The van der Waals surface area contributed by atoms with Crippen molar-refractivity contribution < 1.29 is 15.0 Å². The molecule has 0 amide bonds. The van der Waals surface area contributed by atoms with Crippen LogP contribution in [0.15, 0.2) is 0 Å². The van der Waals surface area contributed by atoms with Crippen LogP contribution in [0.2, 0.25) is 0 Å². The SMILES string of the molecule is O=C(O)C(CO)CCCN1CCCCC1. The molecule has 1 aliphatic heterocycles. The molecule has 0 spiro atoms. The summed E-state index contributed by atoms with van der Waals surface area (Å²) < 4.78 is 0. The van der Waals surface area contributed by atoms with E-state index in [1.807, 2.05) is 0 Å². The number of aliphatic carboxylic acids is 1. The van der Waals surface area contributed by atoms with E-state index in [9.17, 15) is 4.79 Å². The molecule has 0 saturated carbocycles. The first-order valence-electron chi connectivity index (χ1n) is 5.80. The molecule has 1 unspecified atom stereocenters. The number of carboxylic acids is 1. The minimum atomic E-state index is -0.879. The van der Waals surface area contributed by atoms with Gasteiger partial charge < -0.3 is 15.1 Å². The quantitative estimate of drug-likeness (QED) is 0.692. The summed E-state index contributed by atoms with van der Waals surface area (Å²) in [5, 5.41) is 17.6. The zero-order valence-electron chi connectivity index (χ0n) is 9.19. The van der Waals surface area contributed by atoms with Crippen LogP contribution in [-0.4, -0.2) is 47.3 Å². The zero-order chi connectivity index (χ0) is 11.1. The molecule has 0 aromatic carbocycles. The van der Waals surface area contributed by atoms with Gasteiger partial charge in [0.1, 0.15) is 0 Å². The van der Waals surface area contributed by atoms with Crippen LogP contribution < -0.4 is 0 Å². The van der Waals surface area contributed by atoms with Crippen LogP contribution in [0.4, 0.5) is 0 Å². The van der Waals surface area contributed by atoms with Crippen LogP contribution >= 0.6 is 0 Å². The molecule has 4 nitrogen and oxygen atoms in total. The van der Waals surface area contributed by atoms with Crippen molar-refractivity contribution in [3.8, 4) is 0 Å². The van der Waals surface area contributed by atoms with Crippen molar-refractivity contribution in [3.05, 3.63) is 0 Å². The molecule has 2 N–H and O–H groups in total. The molecular weight excluding hydrogens is 194 g/mol. The fourth-order valence-corrected chi connectivity index (χ4v) is 2.04. The van der Waals surface area contributed by atoms with E-state index >= 15 is 0 Å². The summed E-state index contributed by atoms with van der Waals surface area (Å²) in [5.41, 5.74) is 0. The monoisotopic (exact) mass is 215 g/mol. The highest BCUT2D eigenvalue weighted by atomic mass is 16.4. The maximum atomic E-state index is 10.6. The first kappa shape index (κ1) is 12.5. The summed E-state index contributed by atoms with van der Waals surface area (Å²) in [4.78, 5) is 13.0. The van der Waals surface area contributed by atoms with E-state index in [1.165, 1.54) is 19.3 Å². The Morgan fingerprint density at radius 2 is 1.93 bits per heavy atom. The van der Waals surface area contributed by atoms with Crippen LogP contribution in [-0.2, 0) is 4.79 Å². The van der Waals surface area contributed by atoms with Gasteiger partial charge >= 0.3 is 5.97 Å². The van der Waals surface area contributed by atoms with Gasteiger partial charge in [-0.1, -0.05) is 6.42 Å². The Hall–Kier alpha value is -0.610. The van der Waals surface area contributed by atoms with Gasteiger partial charge in [0.15, 0.2) is 0 Å². The molecule has 0 radical (unpaired) electrons. The Morgan fingerprint density at radius 1 is 1.27 bits per heavy atom. The molecule has 0 aromatic rings. The molecule has 1 fully saturated rings. The van der Waals surface area contributed by atoms with E-state index in [0.29, 0.717) is 6.42 Å². The lowest BCUT2D eigenvalue weighted by Gasteiger charge is -2.26. The average Bonchev–Trinajstić information content (AvgIpc) is 2.25. The van der Waals surface area contributed by atoms with Gasteiger partial charge in [0.05, 0.1) is 12.5 Å². The topological polar surface area (TPSA) is 60.8 Å². The predicted molar refractivity (Wildman–Crippen MR) is 57.7 cm³/mol. The van der Waals surface area contributed by atoms with Crippen molar-refractivity contribution in [2.24, 2.45) is 5.92 Å². The number of aliphatic hydroxyl groups excluding tert-OH is 1. The molecule has 1 atom stereocenters. The van der Waals surface area contributed by atoms with E-state index in [1.54, 1.807) is 0 Å². The van der Waals surface area contributed by atoms with Crippen molar-refractivity contribution in [2.45, 2.75) is 32.1 Å². The molecule has 4 heteroatoms. The number of hydrogen-bond donors (Lipinski definition) is 2. The average molecular weight is 215 g/mol. The number of likely N-dealkylation sites (tertiary alicyclic amines) is 1. The second-order valence-corrected chi connectivity index (χ2v) is 4.26. The van der Waals surface area contributed by atoms with E-state index in [0.717, 1.165) is 26.1 Å². The summed E-state index contributed by atoms with van der Waals surface area (Å²) >= 11 is 0. The maximum Gasteiger partial charge on any atom is 0.308 e. The van der Waals surface area contributed by atoms with Gasteiger partial charge in [-0.25, -0.2) is 0 Å². The first-order chi connectivity index (χ1) is 7.24. The van der Waals surface area contributed by atoms with E-state index < -0.39 is 11.9 Å². The smallest absolute Gasteiger partial charge is 0.308 e. The van der Waals surface area contributed by atoms with E-state index in [2.05, 4.69) is 4.90 Å². The highest BCUT2D eigenvalue weighted by molar-refractivity contribution is 5.69. The maximum absolute atomic E-state index is 10.6. The Balaban J connectivity index is 2.11. The molecule has 88 valence electrons. The summed E-state index contributed by atoms with van der Waals surface area (Å²) in [5.74, 6) is -1.45. The summed E-state index contributed by atoms with van der Waals surface area (Å²) in [7, 11) is 0. The highest BCUT2D eigenvalue weighted by Gasteiger charge is 2.16. The number of rotatable bonds is 6. The van der Waals surface area contributed by atoms with Gasteiger partial charge in [-0.2, -0.15) is 0 Å². The van der Waals surface area contributed by atoms with Gasteiger partial charge in [0, 0.05) is 0 Å². The Bertz CT molecular complexity index is 190. The molecule has 1 rings (SSSR count). The molecule has 0 bridgehead atoms. The van der Waals surface area contributed by atoms with Crippen LogP contribution in [0.5, 0.6) is 0 Å². The van der Waals surface area contributed by atoms with Gasteiger partial charge in [0.2, 0.25) is 0 Å². The third-order valence-electron chi connectivity index (χ3n) is 3.05. The number of aliphatic hydroxyl groups is 1. The number of hydrogen-bond acceptors (Lipinski definition) is 3.